The molecule has 5 heteroatoms. The molecule has 20 heavy (non-hydrogen) atoms. The molecule has 1 aromatic carbocycles. The summed E-state index contributed by atoms with van der Waals surface area (Å²) in [4.78, 5) is 0. The molecule has 2 rings (SSSR count). The largest absolute Gasteiger partial charge is 0.271 e. The summed E-state index contributed by atoms with van der Waals surface area (Å²) in [5.74, 6) is 5.43. The number of nitrogens with zero attached hydrogens (tertiary/aromatic N) is 2. The zero-order valence-electron chi connectivity index (χ0n) is 12.2. The molecular formula is C15H21FN4. The van der Waals surface area contributed by atoms with Gasteiger partial charge in [0.15, 0.2) is 0 Å². The highest BCUT2D eigenvalue weighted by atomic mass is 19.1. The van der Waals surface area contributed by atoms with Crippen molar-refractivity contribution in [3.63, 3.8) is 0 Å². The van der Waals surface area contributed by atoms with Crippen molar-refractivity contribution in [2.75, 3.05) is 0 Å². The second kappa shape index (κ2) is 6.15. The molecule has 0 aliphatic carbocycles. The third-order valence-corrected chi connectivity index (χ3v) is 3.50. The summed E-state index contributed by atoms with van der Waals surface area (Å²) in [6.45, 7) is 6.57. The SMILES string of the molecule is CCn1nc(C)cc1CC(NN)c1ccc(C)c(F)c1. The van der Waals surface area contributed by atoms with E-state index in [-0.39, 0.29) is 11.9 Å². The van der Waals surface area contributed by atoms with E-state index in [1.165, 1.54) is 0 Å². The predicted molar refractivity (Wildman–Crippen MR) is 77.5 cm³/mol. The normalized spacial score (nSPS) is 12.7. The lowest BCUT2D eigenvalue weighted by atomic mass is 10.0. The Labute approximate surface area is 118 Å². The molecule has 0 amide bonds. The van der Waals surface area contributed by atoms with Crippen molar-refractivity contribution in [2.45, 2.75) is 39.8 Å². The molecular weight excluding hydrogens is 255 g/mol. The van der Waals surface area contributed by atoms with Crippen LogP contribution in [0.4, 0.5) is 4.39 Å². The van der Waals surface area contributed by atoms with E-state index in [1.54, 1.807) is 19.1 Å². The third-order valence-electron chi connectivity index (χ3n) is 3.50. The van der Waals surface area contributed by atoms with Crippen molar-refractivity contribution in [1.82, 2.24) is 15.2 Å². The summed E-state index contributed by atoms with van der Waals surface area (Å²) in [6.07, 6.45) is 0.674. The van der Waals surface area contributed by atoms with E-state index in [0.29, 0.717) is 12.0 Å². The number of hydrogen-bond donors (Lipinski definition) is 2. The van der Waals surface area contributed by atoms with E-state index in [1.807, 2.05) is 30.7 Å². The molecule has 1 heterocycles. The van der Waals surface area contributed by atoms with Gasteiger partial charge in [-0.05, 0) is 44.0 Å². The van der Waals surface area contributed by atoms with E-state index >= 15 is 0 Å². The fraction of sp³-hybridized carbons (Fsp3) is 0.400. The van der Waals surface area contributed by atoms with Gasteiger partial charge in [0.1, 0.15) is 5.82 Å². The Hall–Kier alpha value is -1.72. The van der Waals surface area contributed by atoms with Crippen molar-refractivity contribution in [1.29, 1.82) is 0 Å². The number of hydrogen-bond acceptors (Lipinski definition) is 3. The standard InChI is InChI=1S/C15H21FN4/c1-4-20-13(7-11(3)19-20)9-15(18-17)12-6-5-10(2)14(16)8-12/h5-8,15,18H,4,9,17H2,1-3H3. The van der Waals surface area contributed by atoms with E-state index in [0.717, 1.165) is 23.5 Å². The second-order valence-corrected chi connectivity index (χ2v) is 5.02. The molecule has 2 aromatic rings. The fourth-order valence-electron chi connectivity index (χ4n) is 2.35. The van der Waals surface area contributed by atoms with Gasteiger partial charge in [0.2, 0.25) is 0 Å². The number of aromatic nitrogens is 2. The topological polar surface area (TPSA) is 55.9 Å². The van der Waals surface area contributed by atoms with Crippen molar-refractivity contribution >= 4 is 0 Å². The van der Waals surface area contributed by atoms with Gasteiger partial charge in [-0.1, -0.05) is 12.1 Å². The van der Waals surface area contributed by atoms with Gasteiger partial charge >= 0.3 is 0 Å². The summed E-state index contributed by atoms with van der Waals surface area (Å²) in [7, 11) is 0. The van der Waals surface area contributed by atoms with Crippen LogP contribution in [0, 0.1) is 19.7 Å². The first-order valence-corrected chi connectivity index (χ1v) is 6.80. The van der Waals surface area contributed by atoms with Crippen LogP contribution in [0.1, 0.15) is 35.5 Å². The molecule has 1 atom stereocenters. The maximum absolute atomic E-state index is 13.7. The van der Waals surface area contributed by atoms with E-state index in [9.17, 15) is 4.39 Å². The summed E-state index contributed by atoms with van der Waals surface area (Å²) < 4.78 is 15.6. The minimum absolute atomic E-state index is 0.133. The van der Waals surface area contributed by atoms with Gasteiger partial charge < -0.3 is 0 Å². The minimum Gasteiger partial charge on any atom is -0.271 e. The molecule has 0 saturated heterocycles. The Morgan fingerprint density at radius 3 is 2.70 bits per heavy atom. The van der Waals surface area contributed by atoms with Crippen molar-refractivity contribution in [3.05, 3.63) is 52.6 Å². The Balaban J connectivity index is 2.26. The maximum Gasteiger partial charge on any atom is 0.126 e. The van der Waals surface area contributed by atoms with Gasteiger partial charge in [0.05, 0.1) is 11.7 Å². The smallest absolute Gasteiger partial charge is 0.126 e. The average molecular weight is 276 g/mol. The molecule has 3 N–H and O–H groups in total. The number of aryl methyl sites for hydroxylation is 3. The highest BCUT2D eigenvalue weighted by molar-refractivity contribution is 5.27. The van der Waals surface area contributed by atoms with Crippen LogP contribution in [-0.2, 0) is 13.0 Å². The Kier molecular flexibility index (Phi) is 4.52. The summed E-state index contributed by atoms with van der Waals surface area (Å²) >= 11 is 0. The summed E-state index contributed by atoms with van der Waals surface area (Å²) in [6, 6.07) is 7.13. The first-order valence-electron chi connectivity index (χ1n) is 6.80. The van der Waals surface area contributed by atoms with E-state index in [2.05, 4.69) is 10.5 Å². The molecule has 0 aliphatic heterocycles. The predicted octanol–water partition coefficient (Wildman–Crippen LogP) is 2.41. The number of halogens is 1. The van der Waals surface area contributed by atoms with E-state index < -0.39 is 0 Å². The van der Waals surface area contributed by atoms with Gasteiger partial charge in [-0.15, -0.1) is 0 Å². The monoisotopic (exact) mass is 276 g/mol. The van der Waals surface area contributed by atoms with Crippen molar-refractivity contribution in [3.8, 4) is 0 Å². The van der Waals surface area contributed by atoms with Crippen LogP contribution in [-0.4, -0.2) is 9.78 Å². The lowest BCUT2D eigenvalue weighted by Crippen LogP contribution is -2.30. The van der Waals surface area contributed by atoms with Gasteiger partial charge in [-0.25, -0.2) is 4.39 Å². The summed E-state index contributed by atoms with van der Waals surface area (Å²) in [5.41, 5.74) is 6.32. The van der Waals surface area contributed by atoms with Gasteiger partial charge in [0, 0.05) is 18.7 Å². The van der Waals surface area contributed by atoms with Crippen LogP contribution in [0.15, 0.2) is 24.3 Å². The zero-order valence-corrected chi connectivity index (χ0v) is 12.2. The minimum atomic E-state index is -0.206. The lowest BCUT2D eigenvalue weighted by Gasteiger charge is -2.17. The Morgan fingerprint density at radius 1 is 1.35 bits per heavy atom. The first-order chi connectivity index (χ1) is 9.55. The van der Waals surface area contributed by atoms with Gasteiger partial charge in [-0.2, -0.15) is 5.10 Å². The van der Waals surface area contributed by atoms with Crippen LogP contribution in [0.2, 0.25) is 0 Å². The summed E-state index contributed by atoms with van der Waals surface area (Å²) in [5, 5.41) is 4.42. The number of rotatable bonds is 5. The Morgan fingerprint density at radius 2 is 2.10 bits per heavy atom. The number of nitrogens with one attached hydrogen (secondary N) is 1. The van der Waals surface area contributed by atoms with Crippen LogP contribution in [0.3, 0.4) is 0 Å². The molecule has 0 spiro atoms. The number of hydrazine groups is 1. The van der Waals surface area contributed by atoms with Gasteiger partial charge in [-0.3, -0.25) is 16.0 Å². The third kappa shape index (κ3) is 3.05. The van der Waals surface area contributed by atoms with Crippen molar-refractivity contribution < 1.29 is 4.39 Å². The number of nitrogens with two attached hydrogens (primary N) is 1. The molecule has 0 fully saturated rings. The molecule has 4 nitrogen and oxygen atoms in total. The molecule has 1 aromatic heterocycles. The lowest BCUT2D eigenvalue weighted by molar-refractivity contribution is 0.512. The highest BCUT2D eigenvalue weighted by Gasteiger charge is 2.15. The zero-order chi connectivity index (χ0) is 14.7. The van der Waals surface area contributed by atoms with Crippen molar-refractivity contribution in [2.24, 2.45) is 5.84 Å². The van der Waals surface area contributed by atoms with Crippen LogP contribution in [0.25, 0.3) is 0 Å². The van der Waals surface area contributed by atoms with Gasteiger partial charge in [0.25, 0.3) is 0 Å². The maximum atomic E-state index is 13.7. The van der Waals surface area contributed by atoms with E-state index in [4.69, 9.17) is 5.84 Å². The molecule has 108 valence electrons. The average Bonchev–Trinajstić information content (AvgIpc) is 2.79. The Bertz CT molecular complexity index is 592. The highest BCUT2D eigenvalue weighted by Crippen LogP contribution is 2.20. The first kappa shape index (κ1) is 14.7. The molecule has 1 unspecified atom stereocenters. The second-order valence-electron chi connectivity index (χ2n) is 5.02. The van der Waals surface area contributed by atoms with Crippen LogP contribution < -0.4 is 11.3 Å². The molecule has 0 aliphatic rings. The number of benzene rings is 1. The molecule has 0 saturated carbocycles. The van der Waals surface area contributed by atoms with Crippen LogP contribution in [0.5, 0.6) is 0 Å². The quantitative estimate of drug-likeness (QED) is 0.651. The van der Waals surface area contributed by atoms with Crippen LogP contribution >= 0.6 is 0 Å². The fourth-order valence-corrected chi connectivity index (χ4v) is 2.35. The molecule has 0 bridgehead atoms. The molecule has 0 radical (unpaired) electrons.